The Balaban J connectivity index is 1.77. The predicted octanol–water partition coefficient (Wildman–Crippen LogP) is 2.65. The number of nitrogens with one attached hydrogen (secondary N) is 2. The number of aryl methyl sites for hydroxylation is 2. The molecule has 150 valence electrons. The van der Waals surface area contributed by atoms with Gasteiger partial charge in [0.2, 0.25) is 0 Å². The molecule has 0 radical (unpaired) electrons. The maximum Gasteiger partial charge on any atom is 0.282 e. The zero-order valence-corrected chi connectivity index (χ0v) is 16.6. The molecule has 1 heterocycles. The lowest BCUT2D eigenvalue weighted by Gasteiger charge is -2.15. The number of hydrazone groups is 1. The van der Waals surface area contributed by atoms with E-state index in [0.29, 0.717) is 22.7 Å². The lowest BCUT2D eigenvalue weighted by Crippen LogP contribution is -2.37. The number of phenolic OH excluding ortho intramolecular Hbond substituents is 2. The number of anilines is 1. The standard InChI is InChI=1S/C21H22N4O4/c1-11-5-7-16(9-12(11)2)25-21(29)19(14(4)24-25)13(3)22-23-20(28)15-6-8-17(26)18(27)10-15/h5-10,22,26-27H,1-4H3,(H,23,28)/b19-13-. The van der Waals surface area contributed by atoms with Crippen LogP contribution >= 0.6 is 0 Å². The summed E-state index contributed by atoms with van der Waals surface area (Å²) in [5, 5.41) is 24.5. The van der Waals surface area contributed by atoms with E-state index in [2.05, 4.69) is 16.0 Å². The molecule has 0 bridgehead atoms. The molecule has 1 aliphatic heterocycles. The number of hydrogen-bond donors (Lipinski definition) is 4. The van der Waals surface area contributed by atoms with E-state index in [0.717, 1.165) is 17.2 Å². The van der Waals surface area contributed by atoms with Gasteiger partial charge in [-0.05, 0) is 69.2 Å². The lowest BCUT2D eigenvalue weighted by atomic mass is 10.1. The smallest absolute Gasteiger partial charge is 0.282 e. The van der Waals surface area contributed by atoms with Crippen molar-refractivity contribution >= 4 is 23.2 Å². The largest absolute Gasteiger partial charge is 0.504 e. The van der Waals surface area contributed by atoms with Crippen molar-refractivity contribution in [1.29, 1.82) is 0 Å². The molecule has 0 spiro atoms. The molecule has 1 aliphatic rings. The number of carbonyl (C=O) groups excluding carboxylic acids is 2. The molecule has 8 nitrogen and oxygen atoms in total. The summed E-state index contributed by atoms with van der Waals surface area (Å²) in [6.45, 7) is 7.34. The van der Waals surface area contributed by atoms with Crippen molar-refractivity contribution in [2.45, 2.75) is 27.7 Å². The van der Waals surface area contributed by atoms with Crippen LogP contribution in [0, 0.1) is 13.8 Å². The number of aromatic hydroxyl groups is 2. The number of allylic oxidation sites excluding steroid dienone is 1. The van der Waals surface area contributed by atoms with E-state index in [-0.39, 0.29) is 17.2 Å². The fourth-order valence-corrected chi connectivity index (χ4v) is 2.92. The van der Waals surface area contributed by atoms with E-state index in [4.69, 9.17) is 0 Å². The highest BCUT2D eigenvalue weighted by Gasteiger charge is 2.31. The summed E-state index contributed by atoms with van der Waals surface area (Å²) in [4.78, 5) is 25.1. The minimum Gasteiger partial charge on any atom is -0.504 e. The van der Waals surface area contributed by atoms with E-state index >= 15 is 0 Å². The number of benzene rings is 2. The third-order valence-electron chi connectivity index (χ3n) is 4.73. The molecule has 8 heteroatoms. The van der Waals surface area contributed by atoms with Crippen molar-refractivity contribution in [1.82, 2.24) is 10.9 Å². The minimum atomic E-state index is -0.536. The molecule has 0 saturated heterocycles. The van der Waals surface area contributed by atoms with Crippen LogP contribution in [0.5, 0.6) is 11.5 Å². The molecular weight excluding hydrogens is 372 g/mol. The van der Waals surface area contributed by atoms with E-state index < -0.39 is 11.7 Å². The molecule has 0 aliphatic carbocycles. The summed E-state index contributed by atoms with van der Waals surface area (Å²) in [5.41, 5.74) is 9.49. The molecular formula is C21H22N4O4. The third kappa shape index (κ3) is 3.91. The number of rotatable bonds is 4. The molecule has 2 aromatic carbocycles. The van der Waals surface area contributed by atoms with Gasteiger partial charge in [-0.25, -0.2) is 0 Å². The van der Waals surface area contributed by atoms with Crippen LogP contribution in [0.2, 0.25) is 0 Å². The maximum atomic E-state index is 12.9. The van der Waals surface area contributed by atoms with Crippen molar-refractivity contribution < 1.29 is 19.8 Å². The Hall–Kier alpha value is -3.81. The van der Waals surface area contributed by atoms with Gasteiger partial charge in [0.05, 0.1) is 17.0 Å². The third-order valence-corrected chi connectivity index (χ3v) is 4.73. The van der Waals surface area contributed by atoms with Crippen molar-refractivity contribution in [2.24, 2.45) is 5.10 Å². The van der Waals surface area contributed by atoms with Gasteiger partial charge in [-0.2, -0.15) is 10.1 Å². The van der Waals surface area contributed by atoms with Crippen LogP contribution in [0.15, 0.2) is 52.8 Å². The predicted molar refractivity (Wildman–Crippen MR) is 110 cm³/mol. The average molecular weight is 394 g/mol. The van der Waals surface area contributed by atoms with Gasteiger partial charge in [0.15, 0.2) is 11.5 Å². The lowest BCUT2D eigenvalue weighted by molar-refractivity contribution is -0.114. The topological polar surface area (TPSA) is 114 Å². The summed E-state index contributed by atoms with van der Waals surface area (Å²) in [6.07, 6.45) is 0. The number of hydrazine groups is 1. The van der Waals surface area contributed by atoms with Crippen LogP contribution < -0.4 is 15.9 Å². The van der Waals surface area contributed by atoms with Crippen molar-refractivity contribution in [3.05, 3.63) is 64.4 Å². The Morgan fingerprint density at radius 3 is 2.34 bits per heavy atom. The first-order chi connectivity index (χ1) is 13.7. The van der Waals surface area contributed by atoms with Crippen LogP contribution in [-0.4, -0.2) is 27.7 Å². The zero-order chi connectivity index (χ0) is 21.3. The first kappa shape index (κ1) is 19.9. The molecule has 3 rings (SSSR count). The molecule has 2 aromatic rings. The molecule has 0 fully saturated rings. The average Bonchev–Trinajstić information content (AvgIpc) is 2.98. The highest BCUT2D eigenvalue weighted by Crippen LogP contribution is 2.27. The Morgan fingerprint density at radius 2 is 1.69 bits per heavy atom. The molecule has 4 N–H and O–H groups in total. The minimum absolute atomic E-state index is 0.144. The number of phenols is 2. The molecule has 0 aromatic heterocycles. The Kier molecular flexibility index (Phi) is 5.27. The maximum absolute atomic E-state index is 12.9. The second-order valence-electron chi connectivity index (χ2n) is 6.85. The number of nitrogens with zero attached hydrogens (tertiary/aromatic N) is 2. The monoisotopic (exact) mass is 394 g/mol. The summed E-state index contributed by atoms with van der Waals surface area (Å²) in [7, 11) is 0. The SMILES string of the molecule is CC1=NN(c2ccc(C)c(C)c2)C(=O)/C1=C(/C)NNC(=O)c1ccc(O)c(O)c1. The second-order valence-corrected chi connectivity index (χ2v) is 6.85. The molecule has 0 atom stereocenters. The second kappa shape index (κ2) is 7.67. The fourth-order valence-electron chi connectivity index (χ4n) is 2.92. The summed E-state index contributed by atoms with van der Waals surface area (Å²) >= 11 is 0. The Morgan fingerprint density at radius 1 is 0.966 bits per heavy atom. The van der Waals surface area contributed by atoms with Gasteiger partial charge in [-0.15, -0.1) is 0 Å². The first-order valence-corrected chi connectivity index (χ1v) is 8.95. The van der Waals surface area contributed by atoms with Gasteiger partial charge in [-0.1, -0.05) is 6.07 Å². The molecule has 2 amide bonds. The van der Waals surface area contributed by atoms with Crippen LogP contribution in [0.25, 0.3) is 0 Å². The molecule has 29 heavy (non-hydrogen) atoms. The zero-order valence-electron chi connectivity index (χ0n) is 16.6. The Labute approximate surface area is 168 Å². The summed E-state index contributed by atoms with van der Waals surface area (Å²) in [5.74, 6) is -1.55. The summed E-state index contributed by atoms with van der Waals surface area (Å²) in [6, 6.07) is 9.39. The molecule has 0 saturated carbocycles. The van der Waals surface area contributed by atoms with Gasteiger partial charge in [0.1, 0.15) is 0 Å². The van der Waals surface area contributed by atoms with E-state index in [1.54, 1.807) is 13.8 Å². The number of carbonyl (C=O) groups is 2. The van der Waals surface area contributed by atoms with E-state index in [1.807, 2.05) is 32.0 Å². The van der Waals surface area contributed by atoms with Crippen molar-refractivity contribution in [3.63, 3.8) is 0 Å². The van der Waals surface area contributed by atoms with E-state index in [1.165, 1.54) is 17.1 Å². The van der Waals surface area contributed by atoms with Crippen LogP contribution in [0.3, 0.4) is 0 Å². The van der Waals surface area contributed by atoms with Gasteiger partial charge < -0.3 is 15.6 Å². The number of amides is 2. The molecule has 0 unspecified atom stereocenters. The first-order valence-electron chi connectivity index (χ1n) is 8.95. The van der Waals surface area contributed by atoms with Crippen molar-refractivity contribution in [2.75, 3.05) is 5.01 Å². The Bertz CT molecular complexity index is 1070. The van der Waals surface area contributed by atoms with Crippen LogP contribution in [0.4, 0.5) is 5.69 Å². The van der Waals surface area contributed by atoms with Gasteiger partial charge in [0, 0.05) is 11.3 Å². The highest BCUT2D eigenvalue weighted by atomic mass is 16.3. The van der Waals surface area contributed by atoms with Crippen LogP contribution in [0.1, 0.15) is 35.3 Å². The van der Waals surface area contributed by atoms with Gasteiger partial charge in [0.25, 0.3) is 11.8 Å². The number of hydrogen-bond acceptors (Lipinski definition) is 6. The quantitative estimate of drug-likeness (QED) is 0.362. The van der Waals surface area contributed by atoms with E-state index in [9.17, 15) is 19.8 Å². The van der Waals surface area contributed by atoms with Gasteiger partial charge >= 0.3 is 0 Å². The fraction of sp³-hybridized carbons (Fsp3) is 0.190. The van der Waals surface area contributed by atoms with Gasteiger partial charge in [-0.3, -0.25) is 15.0 Å². The van der Waals surface area contributed by atoms with Crippen molar-refractivity contribution in [3.8, 4) is 11.5 Å². The normalized spacial score (nSPS) is 15.2. The highest BCUT2D eigenvalue weighted by molar-refractivity contribution is 6.30. The summed E-state index contributed by atoms with van der Waals surface area (Å²) < 4.78 is 0. The van der Waals surface area contributed by atoms with Crippen LogP contribution in [-0.2, 0) is 4.79 Å².